The van der Waals surface area contributed by atoms with Gasteiger partial charge in [0.05, 0.1) is 0 Å². The van der Waals surface area contributed by atoms with Gasteiger partial charge in [-0.25, -0.2) is 12.7 Å². The van der Waals surface area contributed by atoms with Crippen molar-refractivity contribution in [3.05, 3.63) is 19.3 Å². The van der Waals surface area contributed by atoms with E-state index in [1.54, 1.807) is 0 Å². The minimum absolute atomic E-state index is 0. The van der Waals surface area contributed by atoms with Crippen LogP contribution in [0.25, 0.3) is 0 Å². The fraction of sp³-hybridized carbons (Fsp3) is 0. The molecule has 0 fully saturated rings. The second-order valence-corrected chi connectivity index (χ2v) is 0.362. The Morgan fingerprint density at radius 1 is 1.80 bits per heavy atom. The molecule has 0 nitrogen and oxygen atoms in total. The zero-order valence-corrected chi connectivity index (χ0v) is 3.48. The molecule has 0 rings (SSSR count). The normalized spacial score (nSPS) is 4.20. The predicted molar refractivity (Wildman–Crippen MR) is 15.6 cm³/mol. The molecule has 0 aliphatic rings. The van der Waals surface area contributed by atoms with E-state index < -0.39 is 0 Å². The summed E-state index contributed by atoms with van der Waals surface area (Å²) in [6.07, 6.45) is 1.08. The Balaban J connectivity index is 0. The van der Waals surface area contributed by atoms with Gasteiger partial charge in [-0.05, 0) is 0 Å². The molecule has 0 aromatic heterocycles. The minimum atomic E-state index is 0. The second kappa shape index (κ2) is 8.96. The molecule has 0 saturated carbocycles. The van der Waals surface area contributed by atoms with Gasteiger partial charge in [0.2, 0.25) is 0 Å². The summed E-state index contributed by atoms with van der Waals surface area (Å²) in [5.74, 6) is 0. The molecule has 0 spiro atoms. The molecule has 0 saturated heterocycles. The Hall–Kier alpha value is 0.0595. The van der Waals surface area contributed by atoms with E-state index in [1.807, 2.05) is 0 Å². The molecule has 0 aliphatic heterocycles. The van der Waals surface area contributed by atoms with Gasteiger partial charge in [0, 0.05) is 0 Å². The molecule has 0 aromatic rings. The number of rotatable bonds is 1. The Labute approximate surface area is 41.5 Å². The first-order valence-electron chi connectivity index (χ1n) is 0.960. The Bertz CT molecular complexity index is 20.9. The zero-order chi connectivity index (χ0) is 3.41. The molecule has 0 aliphatic carbocycles. The summed E-state index contributed by atoms with van der Waals surface area (Å²) in [5.41, 5.74) is 0. The largest absolute Gasteiger partial charge is 1.00 e. The van der Waals surface area contributed by atoms with Gasteiger partial charge in [-0.1, -0.05) is 6.67 Å². The minimum Gasteiger partial charge on any atom is -0.328 e. The predicted octanol–water partition coefficient (Wildman–Crippen LogP) is 1.30. The van der Waals surface area contributed by atoms with Crippen molar-refractivity contribution in [1.82, 2.24) is 0 Å². The van der Waals surface area contributed by atoms with Crippen LogP contribution in [0, 0.1) is 6.67 Å². The molecule has 5 heavy (non-hydrogen) atoms. The van der Waals surface area contributed by atoms with E-state index in [0.29, 0.717) is 6.67 Å². The first kappa shape index (κ1) is 8.91. The van der Waals surface area contributed by atoms with Crippen molar-refractivity contribution >= 4 is 0 Å². The van der Waals surface area contributed by atoms with Crippen LogP contribution >= 0.6 is 0 Å². The maximum absolute atomic E-state index is 10.5. The van der Waals surface area contributed by atoms with E-state index in [9.17, 15) is 4.39 Å². The molecule has 2 heteroatoms. The monoisotopic (exact) mass is 122 g/mol. The van der Waals surface area contributed by atoms with Gasteiger partial charge in [-0.3, -0.25) is 0 Å². The summed E-state index contributed by atoms with van der Waals surface area (Å²) in [6.45, 7) is 3.44. The molecule has 0 heterocycles. The smallest absolute Gasteiger partial charge is 0.328 e. The average Bonchev–Trinajstić information content (AvgIpc) is 1.37. The van der Waals surface area contributed by atoms with Crippen LogP contribution < -0.4 is 0 Å². The summed E-state index contributed by atoms with van der Waals surface area (Å²) >= 11 is 0. The first-order chi connectivity index (χ1) is 1.91. The summed E-state index contributed by atoms with van der Waals surface area (Å²) in [4.78, 5) is 0. The van der Waals surface area contributed by atoms with E-state index in [0.717, 1.165) is 6.08 Å². The molecule has 0 amide bonds. The maximum atomic E-state index is 10.5. The van der Waals surface area contributed by atoms with Crippen molar-refractivity contribution in [2.75, 3.05) is 0 Å². The SMILES string of the molecule is C=C[CH-]F.[Cu+]. The average molecular weight is 123 g/mol. The van der Waals surface area contributed by atoms with Crippen LogP contribution in [0.2, 0.25) is 0 Å². The number of hydrogen-bond donors (Lipinski definition) is 0. The summed E-state index contributed by atoms with van der Waals surface area (Å²) in [7, 11) is 0. The summed E-state index contributed by atoms with van der Waals surface area (Å²) < 4.78 is 10.5. The van der Waals surface area contributed by atoms with Gasteiger partial charge in [0.15, 0.2) is 0 Å². The summed E-state index contributed by atoms with van der Waals surface area (Å²) in [6, 6.07) is 0. The third-order valence-electron chi connectivity index (χ3n) is 0.0891. The molecule has 0 N–H and O–H groups in total. The van der Waals surface area contributed by atoms with Crippen LogP contribution in [0.4, 0.5) is 4.39 Å². The quantitative estimate of drug-likeness (QED) is 0.363. The third-order valence-corrected chi connectivity index (χ3v) is 0.0891. The van der Waals surface area contributed by atoms with E-state index >= 15 is 0 Å². The van der Waals surface area contributed by atoms with Crippen LogP contribution in [-0.2, 0) is 17.1 Å². The van der Waals surface area contributed by atoms with Crippen LogP contribution in [0.5, 0.6) is 0 Å². The third kappa shape index (κ3) is 15.3. The first-order valence-corrected chi connectivity index (χ1v) is 0.960. The molecule has 0 radical (unpaired) electrons. The fourth-order valence-electron chi connectivity index (χ4n) is 0. The van der Waals surface area contributed by atoms with Crippen LogP contribution in [-0.4, -0.2) is 0 Å². The van der Waals surface area contributed by atoms with Gasteiger partial charge in [0.25, 0.3) is 0 Å². The molecule has 34 valence electrons. The topological polar surface area (TPSA) is 0 Å². The van der Waals surface area contributed by atoms with Gasteiger partial charge in [-0.2, -0.15) is 0 Å². The van der Waals surface area contributed by atoms with Crippen LogP contribution in [0.15, 0.2) is 12.7 Å². The van der Waals surface area contributed by atoms with Crippen molar-refractivity contribution in [3.8, 4) is 0 Å². The van der Waals surface area contributed by atoms with E-state index in [1.165, 1.54) is 0 Å². The second-order valence-electron chi connectivity index (χ2n) is 0.362. The van der Waals surface area contributed by atoms with E-state index in [-0.39, 0.29) is 17.1 Å². The van der Waals surface area contributed by atoms with Crippen molar-refractivity contribution < 1.29 is 21.5 Å². The summed E-state index contributed by atoms with van der Waals surface area (Å²) in [5, 5.41) is 0. The standard InChI is InChI=1S/C3H4F.Cu/c1-2-3-4;/h2-3H,1H2;/q-1;+1. The van der Waals surface area contributed by atoms with Crippen molar-refractivity contribution in [2.24, 2.45) is 0 Å². The molecule has 0 atom stereocenters. The molecule has 0 bridgehead atoms. The molecular formula is C3H4CuF. The number of allylic oxidation sites excluding steroid dienone is 1. The molecular weight excluding hydrogens is 119 g/mol. The van der Waals surface area contributed by atoms with Crippen molar-refractivity contribution in [1.29, 1.82) is 0 Å². The Kier molecular flexibility index (Phi) is 16.0. The van der Waals surface area contributed by atoms with Crippen molar-refractivity contribution in [3.63, 3.8) is 0 Å². The van der Waals surface area contributed by atoms with Gasteiger partial charge >= 0.3 is 17.1 Å². The number of hydrogen-bond acceptors (Lipinski definition) is 0. The van der Waals surface area contributed by atoms with Crippen molar-refractivity contribution in [2.45, 2.75) is 0 Å². The van der Waals surface area contributed by atoms with E-state index in [4.69, 9.17) is 0 Å². The Morgan fingerprint density at radius 2 is 2.00 bits per heavy atom. The van der Waals surface area contributed by atoms with E-state index in [2.05, 4.69) is 6.58 Å². The Morgan fingerprint density at radius 3 is 2.00 bits per heavy atom. The zero-order valence-electron chi connectivity index (χ0n) is 2.54. The molecule has 0 aromatic carbocycles. The maximum Gasteiger partial charge on any atom is 1.00 e. The fourth-order valence-corrected chi connectivity index (χ4v) is 0. The molecule has 0 unspecified atom stereocenters. The van der Waals surface area contributed by atoms with Gasteiger partial charge in [-0.15, -0.1) is 0 Å². The van der Waals surface area contributed by atoms with Crippen LogP contribution in [0.3, 0.4) is 0 Å². The van der Waals surface area contributed by atoms with Crippen LogP contribution in [0.1, 0.15) is 0 Å². The van der Waals surface area contributed by atoms with Gasteiger partial charge in [0.1, 0.15) is 0 Å². The van der Waals surface area contributed by atoms with Gasteiger partial charge < -0.3 is 4.39 Å². The number of halogens is 1.